The Balaban J connectivity index is 1.68. The van der Waals surface area contributed by atoms with E-state index < -0.39 is 11.7 Å². The lowest BCUT2D eigenvalue weighted by Gasteiger charge is -2.02. The number of H-pyrrole nitrogens is 1. The van der Waals surface area contributed by atoms with Gasteiger partial charge in [0.2, 0.25) is 0 Å². The van der Waals surface area contributed by atoms with Gasteiger partial charge in [-0.1, -0.05) is 29.8 Å². The zero-order valence-corrected chi connectivity index (χ0v) is 12.8. The summed E-state index contributed by atoms with van der Waals surface area (Å²) in [4.78, 5) is 12.1. The summed E-state index contributed by atoms with van der Waals surface area (Å²) < 4.78 is 13.1. The lowest BCUT2D eigenvalue weighted by Crippen LogP contribution is -2.12. The molecule has 3 rings (SSSR count). The van der Waals surface area contributed by atoms with Gasteiger partial charge in [-0.25, -0.2) is 4.39 Å². The summed E-state index contributed by atoms with van der Waals surface area (Å²) in [6.07, 6.45) is 0.609. The number of benzene rings is 2. The number of rotatable bonds is 4. The van der Waals surface area contributed by atoms with E-state index in [1.54, 1.807) is 12.1 Å². The van der Waals surface area contributed by atoms with Gasteiger partial charge in [-0.2, -0.15) is 5.10 Å². The van der Waals surface area contributed by atoms with Gasteiger partial charge < -0.3 is 5.32 Å². The molecule has 0 fully saturated rings. The minimum Gasteiger partial charge on any atom is -0.320 e. The Morgan fingerprint density at radius 2 is 1.96 bits per heavy atom. The number of aromatic nitrogens is 2. The van der Waals surface area contributed by atoms with Gasteiger partial charge in [0, 0.05) is 22.8 Å². The van der Waals surface area contributed by atoms with Crippen molar-refractivity contribution >= 4 is 23.2 Å². The lowest BCUT2D eigenvalue weighted by atomic mass is 10.1. The third-order valence-corrected chi connectivity index (χ3v) is 3.51. The third-order valence-electron chi connectivity index (χ3n) is 3.25. The van der Waals surface area contributed by atoms with Crippen LogP contribution in [0.5, 0.6) is 0 Å². The monoisotopic (exact) mass is 329 g/mol. The molecule has 0 bridgehead atoms. The van der Waals surface area contributed by atoms with E-state index in [1.165, 1.54) is 18.2 Å². The van der Waals surface area contributed by atoms with Crippen LogP contribution in [0, 0.1) is 5.82 Å². The maximum atomic E-state index is 13.1. The predicted octanol–water partition coefficient (Wildman–Crippen LogP) is 4.05. The van der Waals surface area contributed by atoms with Crippen LogP contribution in [0.25, 0.3) is 0 Å². The van der Waals surface area contributed by atoms with E-state index >= 15 is 0 Å². The molecule has 0 atom stereocenters. The van der Waals surface area contributed by atoms with Crippen LogP contribution in [0.4, 0.5) is 10.1 Å². The average Bonchev–Trinajstić information content (AvgIpc) is 2.98. The number of hydrogen-bond acceptors (Lipinski definition) is 2. The Hall–Kier alpha value is -2.66. The molecule has 0 radical (unpaired) electrons. The molecule has 0 spiro atoms. The van der Waals surface area contributed by atoms with Crippen LogP contribution in [0.15, 0.2) is 54.6 Å². The van der Waals surface area contributed by atoms with Gasteiger partial charge in [0.15, 0.2) is 5.69 Å². The smallest absolute Gasteiger partial charge is 0.276 e. The second kappa shape index (κ2) is 6.62. The Kier molecular flexibility index (Phi) is 4.39. The molecule has 0 aliphatic heterocycles. The molecule has 1 aromatic heterocycles. The number of nitrogens with one attached hydrogen (secondary N) is 2. The van der Waals surface area contributed by atoms with Gasteiger partial charge in [0.25, 0.3) is 5.91 Å². The van der Waals surface area contributed by atoms with E-state index in [4.69, 9.17) is 11.6 Å². The first-order valence-electron chi connectivity index (χ1n) is 6.96. The molecule has 0 saturated heterocycles. The zero-order chi connectivity index (χ0) is 16.2. The molecule has 23 heavy (non-hydrogen) atoms. The van der Waals surface area contributed by atoms with Crippen LogP contribution in [0.2, 0.25) is 5.02 Å². The number of halogens is 2. The number of hydrogen-bond donors (Lipinski definition) is 2. The van der Waals surface area contributed by atoms with Crippen molar-refractivity contribution in [3.8, 4) is 0 Å². The maximum absolute atomic E-state index is 13.1. The van der Waals surface area contributed by atoms with E-state index in [9.17, 15) is 9.18 Å². The Bertz CT molecular complexity index is 830. The quantitative estimate of drug-likeness (QED) is 0.758. The van der Waals surface area contributed by atoms with Crippen molar-refractivity contribution in [3.63, 3.8) is 0 Å². The molecule has 0 aliphatic carbocycles. The number of carbonyl (C=O) groups is 1. The van der Waals surface area contributed by atoms with Crippen LogP contribution < -0.4 is 5.32 Å². The highest BCUT2D eigenvalue weighted by Gasteiger charge is 2.11. The van der Waals surface area contributed by atoms with Crippen LogP contribution in [-0.4, -0.2) is 16.1 Å². The summed E-state index contributed by atoms with van der Waals surface area (Å²) in [5, 5.41) is 10.1. The standard InChI is InChI=1S/C17H13ClFN3O/c18-12-6-4-11(5-7-12)8-15-10-16(22-21-15)17(23)20-14-3-1-2-13(19)9-14/h1-7,9-10H,8H2,(H,20,23)(H,21,22). The molecule has 3 aromatic rings. The largest absolute Gasteiger partial charge is 0.320 e. The fourth-order valence-electron chi connectivity index (χ4n) is 2.15. The first-order valence-corrected chi connectivity index (χ1v) is 7.33. The fourth-order valence-corrected chi connectivity index (χ4v) is 2.28. The SMILES string of the molecule is O=C(Nc1cccc(F)c1)c1cc(Cc2ccc(Cl)cc2)[nH]n1. The molecule has 0 unspecified atom stereocenters. The Morgan fingerprint density at radius 3 is 2.70 bits per heavy atom. The molecular weight excluding hydrogens is 317 g/mol. The van der Waals surface area contributed by atoms with Crippen LogP contribution >= 0.6 is 11.6 Å². The third kappa shape index (κ3) is 3.96. The van der Waals surface area contributed by atoms with Crippen molar-refractivity contribution in [3.05, 3.63) is 82.4 Å². The minimum atomic E-state index is -0.409. The molecule has 0 aliphatic rings. The normalized spacial score (nSPS) is 10.5. The van der Waals surface area contributed by atoms with E-state index in [2.05, 4.69) is 15.5 Å². The molecule has 1 amide bonds. The topological polar surface area (TPSA) is 57.8 Å². The van der Waals surface area contributed by atoms with Crippen molar-refractivity contribution in [1.82, 2.24) is 10.2 Å². The summed E-state index contributed by atoms with van der Waals surface area (Å²) in [7, 11) is 0. The van der Waals surface area contributed by atoms with Crippen molar-refractivity contribution in [2.75, 3.05) is 5.32 Å². The molecule has 116 valence electrons. The fraction of sp³-hybridized carbons (Fsp3) is 0.0588. The minimum absolute atomic E-state index is 0.248. The molecular formula is C17H13ClFN3O. The van der Waals surface area contributed by atoms with Gasteiger partial charge >= 0.3 is 0 Å². The van der Waals surface area contributed by atoms with Crippen LogP contribution in [-0.2, 0) is 6.42 Å². The predicted molar refractivity (Wildman–Crippen MR) is 87.2 cm³/mol. The van der Waals surface area contributed by atoms with Gasteiger partial charge in [-0.15, -0.1) is 0 Å². The highest BCUT2D eigenvalue weighted by atomic mass is 35.5. The van der Waals surface area contributed by atoms with E-state index in [-0.39, 0.29) is 5.69 Å². The van der Waals surface area contributed by atoms with E-state index in [0.29, 0.717) is 17.1 Å². The summed E-state index contributed by atoms with van der Waals surface area (Å²) in [5.74, 6) is -0.803. The van der Waals surface area contributed by atoms with E-state index in [0.717, 1.165) is 11.3 Å². The van der Waals surface area contributed by atoms with Crippen LogP contribution in [0.1, 0.15) is 21.7 Å². The number of amides is 1. The Labute approximate surface area is 137 Å². The Morgan fingerprint density at radius 1 is 1.17 bits per heavy atom. The average molecular weight is 330 g/mol. The number of carbonyl (C=O) groups excluding carboxylic acids is 1. The molecule has 6 heteroatoms. The van der Waals surface area contributed by atoms with Crippen LogP contribution in [0.3, 0.4) is 0 Å². The number of anilines is 1. The van der Waals surface area contributed by atoms with E-state index in [1.807, 2.05) is 24.3 Å². The first kappa shape index (κ1) is 15.2. The van der Waals surface area contributed by atoms with Crippen molar-refractivity contribution in [2.45, 2.75) is 6.42 Å². The van der Waals surface area contributed by atoms with Gasteiger partial charge in [0.1, 0.15) is 5.82 Å². The first-order chi connectivity index (χ1) is 11.1. The highest BCUT2D eigenvalue weighted by molar-refractivity contribution is 6.30. The molecule has 2 aromatic carbocycles. The highest BCUT2D eigenvalue weighted by Crippen LogP contribution is 2.14. The summed E-state index contributed by atoms with van der Waals surface area (Å²) in [6.45, 7) is 0. The second-order valence-electron chi connectivity index (χ2n) is 5.05. The zero-order valence-electron chi connectivity index (χ0n) is 12.0. The van der Waals surface area contributed by atoms with Crippen molar-refractivity contribution < 1.29 is 9.18 Å². The number of nitrogens with zero attached hydrogens (tertiary/aromatic N) is 1. The second-order valence-corrected chi connectivity index (χ2v) is 5.48. The summed E-state index contributed by atoms with van der Waals surface area (Å²) >= 11 is 5.85. The summed E-state index contributed by atoms with van der Waals surface area (Å²) in [6, 6.07) is 14.8. The van der Waals surface area contributed by atoms with Gasteiger partial charge in [0.05, 0.1) is 0 Å². The number of aromatic amines is 1. The van der Waals surface area contributed by atoms with Crippen molar-refractivity contribution in [2.24, 2.45) is 0 Å². The maximum Gasteiger partial charge on any atom is 0.276 e. The summed E-state index contributed by atoms with van der Waals surface area (Å²) in [5.41, 5.74) is 2.49. The van der Waals surface area contributed by atoms with Gasteiger partial charge in [-0.05, 0) is 42.0 Å². The lowest BCUT2D eigenvalue weighted by molar-refractivity contribution is 0.102. The molecule has 0 saturated carbocycles. The van der Waals surface area contributed by atoms with Crippen molar-refractivity contribution in [1.29, 1.82) is 0 Å². The molecule has 4 nitrogen and oxygen atoms in total. The van der Waals surface area contributed by atoms with Gasteiger partial charge in [-0.3, -0.25) is 9.89 Å². The molecule has 1 heterocycles. The molecule has 2 N–H and O–H groups in total.